The van der Waals surface area contributed by atoms with Crippen LogP contribution in [0, 0.1) is 5.92 Å². The molecule has 146 valence electrons. The molecule has 2 amide bonds. The van der Waals surface area contributed by atoms with Crippen molar-refractivity contribution in [1.82, 2.24) is 9.88 Å². The summed E-state index contributed by atoms with van der Waals surface area (Å²) in [6.45, 7) is 4.92. The third-order valence-corrected chi connectivity index (χ3v) is 6.02. The van der Waals surface area contributed by atoms with E-state index in [0.29, 0.717) is 23.8 Å². The van der Waals surface area contributed by atoms with Gasteiger partial charge in [0.15, 0.2) is 0 Å². The summed E-state index contributed by atoms with van der Waals surface area (Å²) < 4.78 is 0. The van der Waals surface area contributed by atoms with Crippen molar-refractivity contribution in [2.24, 2.45) is 5.92 Å². The van der Waals surface area contributed by atoms with E-state index in [-0.39, 0.29) is 17.7 Å². The number of carbonyl (C=O) groups excluding carboxylic acids is 2. The summed E-state index contributed by atoms with van der Waals surface area (Å²) in [4.78, 5) is 33.2. The molecule has 1 spiro atoms. The lowest BCUT2D eigenvalue weighted by atomic mass is 9.70. The van der Waals surface area contributed by atoms with E-state index in [0.717, 1.165) is 31.2 Å². The zero-order valence-electron chi connectivity index (χ0n) is 16.5. The van der Waals surface area contributed by atoms with Crippen molar-refractivity contribution in [3.05, 3.63) is 59.8 Å². The van der Waals surface area contributed by atoms with Crippen LogP contribution in [0.4, 0.5) is 5.82 Å². The Morgan fingerprint density at radius 2 is 1.89 bits per heavy atom. The molecule has 1 saturated carbocycles. The summed E-state index contributed by atoms with van der Waals surface area (Å²) in [5, 5.41) is 3.00. The first kappa shape index (κ1) is 18.7. The summed E-state index contributed by atoms with van der Waals surface area (Å²) in [6.07, 6.45) is 5.47. The van der Waals surface area contributed by atoms with E-state index in [9.17, 15) is 9.59 Å². The maximum atomic E-state index is 13.5. The van der Waals surface area contributed by atoms with Crippen molar-refractivity contribution >= 4 is 17.6 Å². The number of amides is 2. The molecule has 1 fully saturated rings. The fourth-order valence-corrected chi connectivity index (χ4v) is 4.93. The molecule has 2 aliphatic rings. The predicted octanol–water partition coefficient (Wildman–Crippen LogP) is 4.23. The molecule has 1 N–H and O–H groups in total. The van der Waals surface area contributed by atoms with Crippen LogP contribution in [0.1, 0.15) is 61.4 Å². The molecular formula is C23H27N3O2. The minimum Gasteiger partial charge on any atom is -0.332 e. The van der Waals surface area contributed by atoms with Crippen molar-refractivity contribution in [3.8, 4) is 0 Å². The van der Waals surface area contributed by atoms with Gasteiger partial charge in [-0.1, -0.05) is 51.0 Å². The monoisotopic (exact) mass is 377 g/mol. The van der Waals surface area contributed by atoms with E-state index < -0.39 is 5.54 Å². The zero-order valence-corrected chi connectivity index (χ0v) is 16.5. The molecule has 5 nitrogen and oxygen atoms in total. The van der Waals surface area contributed by atoms with Crippen LogP contribution in [0.15, 0.2) is 48.7 Å². The lowest BCUT2D eigenvalue weighted by molar-refractivity contribution is -0.121. The highest BCUT2D eigenvalue weighted by Gasteiger charge is 2.55. The highest BCUT2D eigenvalue weighted by molar-refractivity contribution is 6.04. The summed E-state index contributed by atoms with van der Waals surface area (Å²) in [5.74, 6) is 0.490. The lowest BCUT2D eigenvalue weighted by Crippen LogP contribution is -2.60. The molecule has 28 heavy (non-hydrogen) atoms. The Morgan fingerprint density at radius 1 is 1.18 bits per heavy atom. The number of anilines is 1. The summed E-state index contributed by atoms with van der Waals surface area (Å²) in [6, 6.07) is 13.1. The summed E-state index contributed by atoms with van der Waals surface area (Å²) >= 11 is 0. The zero-order chi connectivity index (χ0) is 19.7. The number of hydrogen-bond acceptors (Lipinski definition) is 3. The molecule has 1 atom stereocenters. The molecule has 0 bridgehead atoms. The minimum absolute atomic E-state index is 0.0630. The van der Waals surface area contributed by atoms with Crippen molar-refractivity contribution in [3.63, 3.8) is 0 Å². The number of nitrogens with zero attached hydrogens (tertiary/aromatic N) is 2. The second-order valence-corrected chi connectivity index (χ2v) is 8.34. The maximum Gasteiger partial charge on any atom is 0.254 e. The number of aromatic nitrogens is 1. The third-order valence-electron chi connectivity index (χ3n) is 6.02. The van der Waals surface area contributed by atoms with E-state index in [1.54, 1.807) is 12.3 Å². The Hall–Kier alpha value is -2.69. The fourth-order valence-electron chi connectivity index (χ4n) is 4.93. The van der Waals surface area contributed by atoms with Crippen LogP contribution in [0.2, 0.25) is 0 Å². The smallest absolute Gasteiger partial charge is 0.254 e. The SMILES string of the molecule is CC(C)CN1C(=O)c2ccccc2C(C(=O)Nc2ccccn2)C12CCCC2. The van der Waals surface area contributed by atoms with Gasteiger partial charge in [-0.2, -0.15) is 0 Å². The number of hydrogen-bond donors (Lipinski definition) is 1. The number of pyridine rings is 1. The molecule has 1 unspecified atom stereocenters. The van der Waals surface area contributed by atoms with Crippen LogP contribution in [-0.4, -0.2) is 33.8 Å². The number of carbonyl (C=O) groups is 2. The van der Waals surface area contributed by atoms with Crippen molar-refractivity contribution in [2.75, 3.05) is 11.9 Å². The second-order valence-electron chi connectivity index (χ2n) is 8.34. The number of rotatable bonds is 4. The number of benzene rings is 1. The second kappa shape index (κ2) is 7.38. The standard InChI is InChI=1S/C23H27N3O2/c1-16(2)15-26-22(28)18-10-4-3-9-17(18)20(23(26)12-6-7-13-23)21(27)25-19-11-5-8-14-24-19/h3-5,8-11,14,16,20H,6-7,12-13,15H2,1-2H3,(H,24,25,27). The molecule has 2 heterocycles. The van der Waals surface area contributed by atoms with E-state index in [1.165, 1.54) is 0 Å². The van der Waals surface area contributed by atoms with Crippen LogP contribution >= 0.6 is 0 Å². The Labute approximate surface area is 166 Å². The average Bonchev–Trinajstić information content (AvgIpc) is 3.16. The minimum atomic E-state index is -0.450. The Kier molecular flexibility index (Phi) is 4.92. The van der Waals surface area contributed by atoms with Crippen LogP contribution in [0.5, 0.6) is 0 Å². The van der Waals surface area contributed by atoms with Gasteiger partial charge < -0.3 is 10.2 Å². The van der Waals surface area contributed by atoms with Gasteiger partial charge in [-0.15, -0.1) is 0 Å². The van der Waals surface area contributed by atoms with Gasteiger partial charge in [-0.05, 0) is 42.5 Å². The molecule has 1 aromatic heterocycles. The molecule has 4 rings (SSSR count). The molecule has 1 aliphatic carbocycles. The Bertz CT molecular complexity index is 872. The number of nitrogens with one attached hydrogen (secondary N) is 1. The average molecular weight is 377 g/mol. The van der Waals surface area contributed by atoms with E-state index in [1.807, 2.05) is 41.3 Å². The highest BCUT2D eigenvalue weighted by atomic mass is 16.2. The molecular weight excluding hydrogens is 350 g/mol. The molecule has 5 heteroatoms. The van der Waals surface area contributed by atoms with Gasteiger partial charge in [0.1, 0.15) is 5.82 Å². The summed E-state index contributed by atoms with van der Waals surface area (Å²) in [5.41, 5.74) is 1.05. The molecule has 1 aromatic carbocycles. The van der Waals surface area contributed by atoms with Crippen molar-refractivity contribution in [1.29, 1.82) is 0 Å². The van der Waals surface area contributed by atoms with Crippen LogP contribution in [0.25, 0.3) is 0 Å². The first-order valence-electron chi connectivity index (χ1n) is 10.2. The van der Waals surface area contributed by atoms with Gasteiger partial charge in [0.2, 0.25) is 5.91 Å². The van der Waals surface area contributed by atoms with Crippen LogP contribution in [0.3, 0.4) is 0 Å². The fraction of sp³-hybridized carbons (Fsp3) is 0.435. The lowest BCUT2D eigenvalue weighted by Gasteiger charge is -2.50. The number of fused-ring (bicyclic) bond motifs is 1. The predicted molar refractivity (Wildman–Crippen MR) is 109 cm³/mol. The van der Waals surface area contributed by atoms with Crippen molar-refractivity contribution < 1.29 is 9.59 Å². The van der Waals surface area contributed by atoms with Gasteiger partial charge >= 0.3 is 0 Å². The van der Waals surface area contributed by atoms with E-state index >= 15 is 0 Å². The van der Waals surface area contributed by atoms with Gasteiger partial charge in [0.25, 0.3) is 5.91 Å². The summed E-state index contributed by atoms with van der Waals surface area (Å²) in [7, 11) is 0. The maximum absolute atomic E-state index is 13.5. The third kappa shape index (κ3) is 3.09. The molecule has 0 saturated heterocycles. The molecule has 0 radical (unpaired) electrons. The van der Waals surface area contributed by atoms with Crippen LogP contribution in [-0.2, 0) is 4.79 Å². The topological polar surface area (TPSA) is 62.3 Å². The normalized spacial score (nSPS) is 20.5. The van der Waals surface area contributed by atoms with E-state index in [2.05, 4.69) is 24.1 Å². The quantitative estimate of drug-likeness (QED) is 0.867. The highest BCUT2D eigenvalue weighted by Crippen LogP contribution is 2.50. The van der Waals surface area contributed by atoms with Gasteiger partial charge in [-0.3, -0.25) is 9.59 Å². The van der Waals surface area contributed by atoms with Crippen LogP contribution < -0.4 is 5.32 Å². The van der Waals surface area contributed by atoms with E-state index in [4.69, 9.17) is 0 Å². The van der Waals surface area contributed by atoms with Gasteiger partial charge in [0, 0.05) is 18.3 Å². The Balaban J connectivity index is 1.81. The molecule has 1 aliphatic heterocycles. The molecule has 2 aromatic rings. The van der Waals surface area contributed by atoms with Gasteiger partial charge in [0.05, 0.1) is 11.5 Å². The Morgan fingerprint density at radius 3 is 2.57 bits per heavy atom. The largest absolute Gasteiger partial charge is 0.332 e. The van der Waals surface area contributed by atoms with Crippen molar-refractivity contribution in [2.45, 2.75) is 51.0 Å². The first-order valence-corrected chi connectivity index (χ1v) is 10.2. The first-order chi connectivity index (χ1) is 13.5. The van der Waals surface area contributed by atoms with Gasteiger partial charge in [-0.25, -0.2) is 4.98 Å².